The van der Waals surface area contributed by atoms with Crippen LogP contribution < -0.4 is 10.1 Å². The van der Waals surface area contributed by atoms with Crippen LogP contribution in [0.15, 0.2) is 53.3 Å². The summed E-state index contributed by atoms with van der Waals surface area (Å²) < 4.78 is 42.9. The number of benzene rings is 1. The maximum absolute atomic E-state index is 12.6. The molecule has 1 aliphatic rings. The minimum absolute atomic E-state index is 0.134. The number of aliphatic carboxylic acids is 1. The van der Waals surface area contributed by atoms with Gasteiger partial charge in [-0.1, -0.05) is 22.9 Å². The van der Waals surface area contributed by atoms with Gasteiger partial charge in [-0.25, -0.2) is 9.59 Å². The molecule has 34 heavy (non-hydrogen) atoms. The molecule has 0 bridgehead atoms. The average Bonchev–Trinajstić information content (AvgIpc) is 3.22. The van der Waals surface area contributed by atoms with Gasteiger partial charge in [0.2, 0.25) is 0 Å². The van der Waals surface area contributed by atoms with Crippen molar-refractivity contribution < 1.29 is 37.1 Å². The van der Waals surface area contributed by atoms with Crippen molar-refractivity contribution in [2.75, 3.05) is 11.9 Å². The van der Waals surface area contributed by atoms with Gasteiger partial charge in [0.15, 0.2) is 0 Å². The molecule has 2 amide bonds. The molecule has 0 radical (unpaired) electrons. The van der Waals surface area contributed by atoms with Gasteiger partial charge in [-0.3, -0.25) is 4.98 Å². The molecule has 3 aromatic rings. The average molecular weight is 478 g/mol. The van der Waals surface area contributed by atoms with Crippen LogP contribution in [-0.2, 0) is 24.4 Å². The first-order valence-corrected chi connectivity index (χ1v) is 10.1. The molecule has 0 saturated carbocycles. The third kappa shape index (κ3) is 6.70. The number of alkyl halides is 3. The van der Waals surface area contributed by atoms with E-state index in [2.05, 4.69) is 15.5 Å². The molecule has 0 atom stereocenters. The minimum Gasteiger partial charge on any atom is -0.486 e. The van der Waals surface area contributed by atoms with Crippen molar-refractivity contribution in [3.8, 4) is 5.75 Å². The molecule has 0 spiro atoms. The van der Waals surface area contributed by atoms with Gasteiger partial charge in [0.1, 0.15) is 23.8 Å². The lowest BCUT2D eigenvalue weighted by Crippen LogP contribution is -2.38. The summed E-state index contributed by atoms with van der Waals surface area (Å²) in [5, 5.41) is 14.2. The van der Waals surface area contributed by atoms with E-state index in [0.29, 0.717) is 31.0 Å². The number of fused-ring (bicyclic) bond motifs is 1. The van der Waals surface area contributed by atoms with Gasteiger partial charge in [-0.05, 0) is 31.2 Å². The van der Waals surface area contributed by atoms with Crippen molar-refractivity contribution in [3.63, 3.8) is 0 Å². The van der Waals surface area contributed by atoms with E-state index in [9.17, 15) is 18.0 Å². The number of carbonyl (C=O) groups excluding carboxylic acids is 1. The Bertz CT molecular complexity index is 1120. The van der Waals surface area contributed by atoms with Gasteiger partial charge >= 0.3 is 18.2 Å². The number of carboxylic acids is 1. The molecule has 9 nitrogen and oxygen atoms in total. The van der Waals surface area contributed by atoms with E-state index in [1.54, 1.807) is 17.3 Å². The van der Waals surface area contributed by atoms with E-state index in [4.69, 9.17) is 19.2 Å². The molecule has 12 heteroatoms. The summed E-state index contributed by atoms with van der Waals surface area (Å²) in [5.41, 5.74) is 3.56. The Hall–Kier alpha value is -4.09. The van der Waals surface area contributed by atoms with Crippen LogP contribution in [0.25, 0.3) is 0 Å². The van der Waals surface area contributed by atoms with Gasteiger partial charge in [-0.2, -0.15) is 13.2 Å². The van der Waals surface area contributed by atoms with Crippen LogP contribution in [0, 0.1) is 6.92 Å². The van der Waals surface area contributed by atoms with Crippen LogP contribution >= 0.6 is 0 Å². The van der Waals surface area contributed by atoms with Crippen molar-refractivity contribution in [3.05, 3.63) is 71.4 Å². The Morgan fingerprint density at radius 1 is 1.24 bits per heavy atom. The maximum atomic E-state index is 12.6. The van der Waals surface area contributed by atoms with Crippen molar-refractivity contribution in [2.24, 2.45) is 0 Å². The van der Waals surface area contributed by atoms with E-state index < -0.39 is 12.1 Å². The van der Waals surface area contributed by atoms with E-state index in [1.807, 2.05) is 43.3 Å². The molecule has 180 valence electrons. The van der Waals surface area contributed by atoms with Crippen LogP contribution in [0.3, 0.4) is 0 Å². The number of hydrogen-bond donors (Lipinski definition) is 2. The van der Waals surface area contributed by atoms with Gasteiger partial charge in [0.25, 0.3) is 0 Å². The summed E-state index contributed by atoms with van der Waals surface area (Å²) >= 11 is 0. The monoisotopic (exact) mass is 478 g/mol. The molecule has 0 aliphatic carbocycles. The predicted molar refractivity (Wildman–Crippen MR) is 113 cm³/mol. The Labute approximate surface area is 192 Å². The maximum Gasteiger partial charge on any atom is 0.490 e. The third-order valence-corrected chi connectivity index (χ3v) is 4.75. The zero-order valence-electron chi connectivity index (χ0n) is 18.0. The molecule has 1 aromatic carbocycles. The van der Waals surface area contributed by atoms with Crippen molar-refractivity contribution in [1.29, 1.82) is 0 Å². The molecule has 0 saturated heterocycles. The molecule has 0 unspecified atom stereocenters. The number of urea groups is 1. The van der Waals surface area contributed by atoms with Crippen molar-refractivity contribution >= 4 is 17.7 Å². The number of ether oxygens (including phenoxy) is 1. The SMILES string of the molecule is Cc1ccc(NC(=O)N2CCc3onc(COc4cccnc4)c3C2)cc1.O=C(O)C(F)(F)F. The number of hydrogen-bond acceptors (Lipinski definition) is 6. The highest BCUT2D eigenvalue weighted by atomic mass is 19.4. The first-order chi connectivity index (χ1) is 16.1. The summed E-state index contributed by atoms with van der Waals surface area (Å²) in [4.78, 5) is 27.3. The number of amides is 2. The summed E-state index contributed by atoms with van der Waals surface area (Å²) in [6.45, 7) is 3.32. The highest BCUT2D eigenvalue weighted by Crippen LogP contribution is 2.24. The number of anilines is 1. The lowest BCUT2D eigenvalue weighted by Gasteiger charge is -2.26. The number of nitrogens with zero attached hydrogens (tertiary/aromatic N) is 3. The summed E-state index contributed by atoms with van der Waals surface area (Å²) in [5.74, 6) is -1.27. The van der Waals surface area contributed by atoms with Crippen LogP contribution in [0.1, 0.15) is 22.6 Å². The van der Waals surface area contributed by atoms with E-state index in [1.165, 1.54) is 0 Å². The number of aromatic nitrogens is 2. The second kappa shape index (κ2) is 10.7. The molecule has 2 N–H and O–H groups in total. The van der Waals surface area contributed by atoms with Crippen LogP contribution in [0.5, 0.6) is 5.75 Å². The number of nitrogens with one attached hydrogen (secondary N) is 1. The first-order valence-electron chi connectivity index (χ1n) is 10.1. The zero-order chi connectivity index (χ0) is 24.7. The smallest absolute Gasteiger partial charge is 0.486 e. The second-order valence-corrected chi connectivity index (χ2v) is 7.28. The number of rotatable bonds is 4. The van der Waals surface area contributed by atoms with E-state index >= 15 is 0 Å². The Kier molecular flexibility index (Phi) is 7.71. The summed E-state index contributed by atoms with van der Waals surface area (Å²) in [7, 11) is 0. The highest BCUT2D eigenvalue weighted by Gasteiger charge is 2.38. The molecular formula is C22H21F3N4O5. The number of carbonyl (C=O) groups is 2. The number of aryl methyl sites for hydroxylation is 1. The molecular weight excluding hydrogens is 457 g/mol. The molecule has 0 fully saturated rings. The standard InChI is InChI=1S/C20H20N4O3.C2HF3O2/c1-14-4-6-15(7-5-14)22-20(25)24-10-8-19-17(12-24)18(23-27-19)13-26-16-3-2-9-21-11-16;3-2(4,5)1(6)7/h2-7,9,11H,8,10,12-13H2,1H3,(H,22,25);(H,6,7). The quantitative estimate of drug-likeness (QED) is 0.578. The Morgan fingerprint density at radius 3 is 2.56 bits per heavy atom. The summed E-state index contributed by atoms with van der Waals surface area (Å²) in [6.07, 6.45) is -1.11. The fourth-order valence-corrected chi connectivity index (χ4v) is 2.97. The Morgan fingerprint density at radius 2 is 1.94 bits per heavy atom. The molecule has 2 aromatic heterocycles. The second-order valence-electron chi connectivity index (χ2n) is 7.28. The summed E-state index contributed by atoms with van der Waals surface area (Å²) in [6, 6.07) is 11.2. The number of halogens is 3. The first kappa shape index (κ1) is 24.6. The Balaban J connectivity index is 0.000000406. The van der Waals surface area contributed by atoms with E-state index in [-0.39, 0.29) is 12.6 Å². The van der Waals surface area contributed by atoms with Crippen LogP contribution in [0.2, 0.25) is 0 Å². The lowest BCUT2D eigenvalue weighted by molar-refractivity contribution is -0.192. The third-order valence-electron chi connectivity index (χ3n) is 4.75. The normalized spacial score (nSPS) is 12.8. The van der Waals surface area contributed by atoms with Crippen LogP contribution in [-0.4, -0.2) is 44.9 Å². The largest absolute Gasteiger partial charge is 0.490 e. The highest BCUT2D eigenvalue weighted by molar-refractivity contribution is 5.89. The molecule has 3 heterocycles. The zero-order valence-corrected chi connectivity index (χ0v) is 18.0. The van der Waals surface area contributed by atoms with Crippen molar-refractivity contribution in [2.45, 2.75) is 32.7 Å². The van der Waals surface area contributed by atoms with Gasteiger partial charge in [0.05, 0.1) is 12.7 Å². The molecule has 4 rings (SSSR count). The number of carboxylic acid groups (broad SMARTS) is 1. The fourth-order valence-electron chi connectivity index (χ4n) is 2.97. The fraction of sp³-hybridized carbons (Fsp3) is 0.273. The minimum atomic E-state index is -5.08. The van der Waals surface area contributed by atoms with Crippen LogP contribution in [0.4, 0.5) is 23.7 Å². The van der Waals surface area contributed by atoms with E-state index in [0.717, 1.165) is 22.6 Å². The van der Waals surface area contributed by atoms with Gasteiger partial charge < -0.3 is 24.6 Å². The lowest BCUT2D eigenvalue weighted by atomic mass is 10.1. The topological polar surface area (TPSA) is 118 Å². The predicted octanol–water partition coefficient (Wildman–Crippen LogP) is 4.18. The van der Waals surface area contributed by atoms with Gasteiger partial charge in [-0.15, -0.1) is 0 Å². The van der Waals surface area contributed by atoms with Crippen molar-refractivity contribution in [1.82, 2.24) is 15.0 Å². The molecule has 1 aliphatic heterocycles. The number of pyridine rings is 1. The van der Waals surface area contributed by atoms with Gasteiger partial charge in [0, 0.05) is 30.4 Å².